The standard InChI is InChI=1S/C26H26ClN5O2.FH/c1-17-13-20(12-11-19-7-4-3-5-8-19)15-28-25(17)31-26(34)24-23(27)16-29-32(24)22-10-6-9-21(14-22)30-18(2)33;/h3-5,7-8,13,15-16,21-22H,6,9-10,14H2,1-2H3,(H,30,33)(H,28,31,34);1H. The van der Waals surface area contributed by atoms with Crippen molar-refractivity contribution in [3.05, 3.63) is 76.2 Å². The highest BCUT2D eigenvalue weighted by Crippen LogP contribution is 2.31. The van der Waals surface area contributed by atoms with E-state index in [1.54, 1.807) is 10.9 Å². The summed E-state index contributed by atoms with van der Waals surface area (Å²) in [6, 6.07) is 11.6. The van der Waals surface area contributed by atoms with Crippen molar-refractivity contribution in [3.63, 3.8) is 0 Å². The third kappa shape index (κ3) is 6.46. The van der Waals surface area contributed by atoms with Crippen LogP contribution in [0.1, 0.15) is 65.8 Å². The number of carbonyl (C=O) groups is 2. The Morgan fingerprint density at radius 1 is 1.11 bits per heavy atom. The Hall–Kier alpha value is -3.70. The Balaban J connectivity index is 0.00000342. The minimum atomic E-state index is -0.372. The molecule has 1 aliphatic carbocycles. The van der Waals surface area contributed by atoms with E-state index in [1.165, 1.54) is 13.1 Å². The lowest BCUT2D eigenvalue weighted by atomic mass is 9.91. The third-order valence-corrected chi connectivity index (χ3v) is 6.08. The quantitative estimate of drug-likeness (QED) is 0.515. The zero-order valence-electron chi connectivity index (χ0n) is 19.5. The first-order valence-corrected chi connectivity index (χ1v) is 11.6. The van der Waals surface area contributed by atoms with Crippen LogP contribution in [-0.2, 0) is 4.79 Å². The molecule has 2 atom stereocenters. The van der Waals surface area contributed by atoms with Crippen LogP contribution in [0.4, 0.5) is 10.5 Å². The van der Waals surface area contributed by atoms with Crippen LogP contribution in [0.15, 0.2) is 48.8 Å². The SMILES string of the molecule is CC(=O)NC1CCCC(n2ncc(Cl)c2C(=O)Nc2ncc(C#Cc3ccccc3)cc2C)C1.F. The second-order valence-corrected chi connectivity index (χ2v) is 8.87. The molecule has 2 N–H and O–H groups in total. The molecule has 2 unspecified atom stereocenters. The molecule has 0 bridgehead atoms. The molecule has 1 fully saturated rings. The van der Waals surface area contributed by atoms with Gasteiger partial charge in [0.15, 0.2) is 0 Å². The van der Waals surface area contributed by atoms with Gasteiger partial charge in [-0.2, -0.15) is 5.10 Å². The maximum absolute atomic E-state index is 13.2. The van der Waals surface area contributed by atoms with Gasteiger partial charge in [-0.15, -0.1) is 0 Å². The molecule has 7 nitrogen and oxygen atoms in total. The zero-order chi connectivity index (χ0) is 24.1. The van der Waals surface area contributed by atoms with Gasteiger partial charge in [-0.3, -0.25) is 19.0 Å². The number of hydrogen-bond acceptors (Lipinski definition) is 4. The molecule has 3 aromatic rings. The highest BCUT2D eigenvalue weighted by Gasteiger charge is 2.29. The fraction of sp³-hybridized carbons (Fsp3) is 0.308. The van der Waals surface area contributed by atoms with E-state index in [4.69, 9.17) is 11.6 Å². The molecular weight excluding hydrogens is 469 g/mol. The molecule has 0 radical (unpaired) electrons. The summed E-state index contributed by atoms with van der Waals surface area (Å²) in [6.07, 6.45) is 6.53. The summed E-state index contributed by atoms with van der Waals surface area (Å²) < 4.78 is 1.68. The number of rotatable bonds is 4. The molecule has 0 aliphatic heterocycles. The minimum absolute atomic E-state index is 0. The predicted octanol–water partition coefficient (Wildman–Crippen LogP) is 4.66. The molecule has 35 heavy (non-hydrogen) atoms. The molecular formula is C26H27ClFN5O2. The number of anilines is 1. The van der Waals surface area contributed by atoms with Crippen LogP contribution < -0.4 is 10.6 Å². The van der Waals surface area contributed by atoms with Crippen LogP contribution in [0.5, 0.6) is 0 Å². The number of hydrogen-bond donors (Lipinski definition) is 2. The van der Waals surface area contributed by atoms with Gasteiger partial charge in [-0.05, 0) is 56.4 Å². The lowest BCUT2D eigenvalue weighted by molar-refractivity contribution is -0.119. The van der Waals surface area contributed by atoms with Gasteiger partial charge in [0, 0.05) is 30.3 Å². The number of amides is 2. The van der Waals surface area contributed by atoms with Crippen molar-refractivity contribution in [1.82, 2.24) is 20.1 Å². The summed E-state index contributed by atoms with van der Waals surface area (Å²) in [7, 11) is 0. The lowest BCUT2D eigenvalue weighted by Crippen LogP contribution is -2.38. The summed E-state index contributed by atoms with van der Waals surface area (Å²) in [5.74, 6) is 6.22. The van der Waals surface area contributed by atoms with E-state index in [1.807, 2.05) is 43.3 Å². The Morgan fingerprint density at radius 3 is 2.57 bits per heavy atom. The largest absolute Gasteiger partial charge is 0.354 e. The fourth-order valence-corrected chi connectivity index (χ4v) is 4.46. The Morgan fingerprint density at radius 2 is 1.86 bits per heavy atom. The van der Waals surface area contributed by atoms with Gasteiger partial charge in [0.1, 0.15) is 11.5 Å². The summed E-state index contributed by atoms with van der Waals surface area (Å²) in [6.45, 7) is 3.38. The second-order valence-electron chi connectivity index (χ2n) is 8.46. The Labute approximate surface area is 208 Å². The number of nitrogens with zero attached hydrogens (tertiary/aromatic N) is 3. The van der Waals surface area contributed by atoms with Gasteiger partial charge in [-0.25, -0.2) is 4.98 Å². The predicted molar refractivity (Wildman–Crippen MR) is 134 cm³/mol. The van der Waals surface area contributed by atoms with E-state index in [9.17, 15) is 9.59 Å². The van der Waals surface area contributed by atoms with E-state index in [0.29, 0.717) is 17.9 Å². The first-order valence-electron chi connectivity index (χ1n) is 11.3. The van der Waals surface area contributed by atoms with Crippen molar-refractivity contribution in [1.29, 1.82) is 0 Å². The van der Waals surface area contributed by atoms with Crippen LogP contribution in [0.25, 0.3) is 0 Å². The maximum Gasteiger partial charge on any atom is 0.276 e. The molecule has 1 saturated carbocycles. The zero-order valence-corrected chi connectivity index (χ0v) is 20.3. The number of benzene rings is 1. The second kappa shape index (κ2) is 11.6. The summed E-state index contributed by atoms with van der Waals surface area (Å²) in [4.78, 5) is 29.0. The molecule has 1 aliphatic rings. The van der Waals surface area contributed by atoms with Crippen LogP contribution in [-0.4, -0.2) is 32.6 Å². The molecule has 2 heterocycles. The van der Waals surface area contributed by atoms with E-state index >= 15 is 0 Å². The number of aryl methyl sites for hydroxylation is 1. The average Bonchev–Trinajstić information content (AvgIpc) is 3.21. The molecule has 1 aromatic carbocycles. The third-order valence-electron chi connectivity index (χ3n) is 5.80. The topological polar surface area (TPSA) is 88.9 Å². The molecule has 2 amide bonds. The molecule has 0 saturated heterocycles. The van der Waals surface area contributed by atoms with Crippen LogP contribution in [0.3, 0.4) is 0 Å². The average molecular weight is 496 g/mol. The lowest BCUT2D eigenvalue weighted by Gasteiger charge is -2.30. The normalized spacial score (nSPS) is 16.9. The van der Waals surface area contributed by atoms with Crippen molar-refractivity contribution in [3.8, 4) is 11.8 Å². The molecule has 182 valence electrons. The molecule has 2 aromatic heterocycles. The van der Waals surface area contributed by atoms with Crippen LogP contribution in [0.2, 0.25) is 5.02 Å². The van der Waals surface area contributed by atoms with Gasteiger partial charge < -0.3 is 10.6 Å². The summed E-state index contributed by atoms with van der Waals surface area (Å²) >= 11 is 6.36. The van der Waals surface area contributed by atoms with Gasteiger partial charge >= 0.3 is 0 Å². The molecule has 4 rings (SSSR count). The number of nitrogens with one attached hydrogen (secondary N) is 2. The van der Waals surface area contributed by atoms with Crippen molar-refractivity contribution in [2.45, 2.75) is 51.6 Å². The smallest absolute Gasteiger partial charge is 0.276 e. The van der Waals surface area contributed by atoms with Gasteiger partial charge in [0.05, 0.1) is 17.3 Å². The van der Waals surface area contributed by atoms with Crippen LogP contribution >= 0.6 is 11.6 Å². The summed E-state index contributed by atoms with van der Waals surface area (Å²) in [5, 5.41) is 10.5. The first kappa shape index (κ1) is 25.9. The van der Waals surface area contributed by atoms with Gasteiger partial charge in [0.2, 0.25) is 5.91 Å². The molecule has 0 spiro atoms. The highest BCUT2D eigenvalue weighted by molar-refractivity contribution is 6.34. The Bertz CT molecular complexity index is 1270. The van der Waals surface area contributed by atoms with Gasteiger partial charge in [0.25, 0.3) is 5.91 Å². The van der Waals surface area contributed by atoms with E-state index in [-0.39, 0.29) is 33.6 Å². The monoisotopic (exact) mass is 495 g/mol. The number of aromatic nitrogens is 3. The number of halogens is 2. The fourth-order valence-electron chi connectivity index (χ4n) is 4.24. The van der Waals surface area contributed by atoms with E-state index in [2.05, 4.69) is 32.6 Å². The van der Waals surface area contributed by atoms with Crippen molar-refractivity contribution in [2.75, 3.05) is 5.32 Å². The van der Waals surface area contributed by atoms with Crippen molar-refractivity contribution in [2.24, 2.45) is 0 Å². The van der Waals surface area contributed by atoms with E-state index in [0.717, 1.165) is 36.0 Å². The first-order chi connectivity index (χ1) is 16.4. The maximum atomic E-state index is 13.2. The number of carbonyl (C=O) groups excluding carboxylic acids is 2. The minimum Gasteiger partial charge on any atom is -0.354 e. The summed E-state index contributed by atoms with van der Waals surface area (Å²) in [5.41, 5.74) is 2.76. The van der Waals surface area contributed by atoms with Gasteiger partial charge in [-0.1, -0.05) is 41.6 Å². The highest BCUT2D eigenvalue weighted by atomic mass is 35.5. The van der Waals surface area contributed by atoms with Crippen molar-refractivity contribution >= 4 is 29.2 Å². The van der Waals surface area contributed by atoms with Crippen LogP contribution in [0, 0.1) is 18.8 Å². The van der Waals surface area contributed by atoms with E-state index < -0.39 is 0 Å². The molecule has 9 heteroatoms. The number of pyridine rings is 1. The van der Waals surface area contributed by atoms with Crippen molar-refractivity contribution < 1.29 is 14.3 Å². The Kier molecular flexibility index (Phi) is 8.61.